The van der Waals surface area contributed by atoms with Crippen molar-refractivity contribution in [3.8, 4) is 33.4 Å². The van der Waals surface area contributed by atoms with Gasteiger partial charge in [-0.2, -0.15) is 0 Å². The molecule has 0 heterocycles. The molecule has 178 valence electrons. The molecule has 6 rings (SSSR count). The summed E-state index contributed by atoms with van der Waals surface area (Å²) < 4.78 is 0. The lowest BCUT2D eigenvalue weighted by atomic mass is 9.89. The van der Waals surface area contributed by atoms with Gasteiger partial charge in [-0.1, -0.05) is 127 Å². The molecular formula is C36H29N. The highest BCUT2D eigenvalue weighted by molar-refractivity contribution is 5.74. The third-order valence-corrected chi connectivity index (χ3v) is 7.00. The summed E-state index contributed by atoms with van der Waals surface area (Å²) in [5.41, 5.74) is 11.1. The number of allylic oxidation sites excluding steroid dienone is 3. The summed E-state index contributed by atoms with van der Waals surface area (Å²) in [6.07, 6.45) is 7.81. The second kappa shape index (κ2) is 10.6. The molecule has 5 aromatic carbocycles. The van der Waals surface area contributed by atoms with Crippen molar-refractivity contribution in [2.24, 2.45) is 0 Å². The fourth-order valence-electron chi connectivity index (χ4n) is 4.96. The Morgan fingerprint density at radius 1 is 0.486 bits per heavy atom. The Hall–Kier alpha value is -4.62. The van der Waals surface area contributed by atoms with Crippen LogP contribution in [0.2, 0.25) is 0 Å². The van der Waals surface area contributed by atoms with Crippen LogP contribution in [0, 0.1) is 0 Å². The van der Waals surface area contributed by atoms with E-state index >= 15 is 0 Å². The lowest BCUT2D eigenvalue weighted by Gasteiger charge is -2.19. The molecule has 1 aliphatic carbocycles. The Labute approximate surface area is 219 Å². The second-order valence-electron chi connectivity index (χ2n) is 9.50. The van der Waals surface area contributed by atoms with E-state index in [0.717, 1.165) is 17.8 Å². The van der Waals surface area contributed by atoms with Gasteiger partial charge in [0.1, 0.15) is 0 Å². The summed E-state index contributed by atoms with van der Waals surface area (Å²) >= 11 is 0. The van der Waals surface area contributed by atoms with Crippen LogP contribution >= 0.6 is 0 Å². The number of rotatable bonds is 6. The van der Waals surface area contributed by atoms with E-state index in [2.05, 4.69) is 157 Å². The highest BCUT2D eigenvalue weighted by Crippen LogP contribution is 2.31. The van der Waals surface area contributed by atoms with Crippen LogP contribution in [0.5, 0.6) is 0 Å². The molecule has 0 spiro atoms. The van der Waals surface area contributed by atoms with Crippen molar-refractivity contribution >= 4 is 5.69 Å². The van der Waals surface area contributed by atoms with Gasteiger partial charge < -0.3 is 5.32 Å². The summed E-state index contributed by atoms with van der Waals surface area (Å²) in [6.45, 7) is 0. The standard InChI is InChI=1S/C36H29N/c1-3-9-27(10-4-1)31-13-7-15-33(25-31)29-17-21-35(22-18-29)37-36-23-19-30(20-24-36)34-16-8-14-32(26-34)28-11-5-2-6-12-28/h1-19,21-26,30,37H,20H2. The number of benzene rings is 5. The lowest BCUT2D eigenvalue weighted by Crippen LogP contribution is -2.04. The van der Waals surface area contributed by atoms with Crippen molar-refractivity contribution in [1.82, 2.24) is 0 Å². The fraction of sp³-hybridized carbons (Fsp3) is 0.0556. The Kier molecular flexibility index (Phi) is 6.51. The zero-order valence-corrected chi connectivity index (χ0v) is 20.7. The van der Waals surface area contributed by atoms with Crippen LogP contribution in [0.15, 0.2) is 157 Å². The molecule has 1 nitrogen and oxygen atoms in total. The van der Waals surface area contributed by atoms with Crippen LogP contribution in [-0.2, 0) is 0 Å². The molecule has 0 amide bonds. The van der Waals surface area contributed by atoms with Gasteiger partial charge in [0.2, 0.25) is 0 Å². The first-order chi connectivity index (χ1) is 18.3. The van der Waals surface area contributed by atoms with Gasteiger partial charge in [0.15, 0.2) is 0 Å². The molecule has 1 N–H and O–H groups in total. The molecule has 0 saturated heterocycles. The highest BCUT2D eigenvalue weighted by atomic mass is 14.9. The van der Waals surface area contributed by atoms with E-state index in [1.807, 2.05) is 0 Å². The number of hydrogen-bond acceptors (Lipinski definition) is 1. The lowest BCUT2D eigenvalue weighted by molar-refractivity contribution is 0.846. The Balaban J connectivity index is 1.12. The van der Waals surface area contributed by atoms with Crippen molar-refractivity contribution in [3.63, 3.8) is 0 Å². The average Bonchev–Trinajstić information content (AvgIpc) is 2.99. The third-order valence-electron chi connectivity index (χ3n) is 7.00. The van der Waals surface area contributed by atoms with Gasteiger partial charge in [0.05, 0.1) is 0 Å². The molecule has 0 aliphatic heterocycles. The maximum Gasteiger partial charge on any atom is 0.0384 e. The highest BCUT2D eigenvalue weighted by Gasteiger charge is 2.12. The van der Waals surface area contributed by atoms with Crippen LogP contribution in [0.3, 0.4) is 0 Å². The summed E-state index contributed by atoms with van der Waals surface area (Å²) in [6, 6.07) is 47.5. The predicted molar refractivity (Wildman–Crippen MR) is 157 cm³/mol. The maximum atomic E-state index is 3.58. The van der Waals surface area contributed by atoms with Crippen LogP contribution in [0.25, 0.3) is 33.4 Å². The topological polar surface area (TPSA) is 12.0 Å². The summed E-state index contributed by atoms with van der Waals surface area (Å²) in [5, 5.41) is 3.58. The molecule has 5 aromatic rings. The molecular weight excluding hydrogens is 446 g/mol. The van der Waals surface area contributed by atoms with Crippen molar-refractivity contribution in [3.05, 3.63) is 163 Å². The Bertz CT molecular complexity index is 1540. The molecule has 0 fully saturated rings. The number of anilines is 1. The average molecular weight is 476 g/mol. The van der Waals surface area contributed by atoms with E-state index in [1.54, 1.807) is 0 Å². The molecule has 0 aromatic heterocycles. The second-order valence-corrected chi connectivity index (χ2v) is 9.50. The largest absolute Gasteiger partial charge is 0.356 e. The molecule has 37 heavy (non-hydrogen) atoms. The number of nitrogens with one attached hydrogen (secondary N) is 1. The van der Waals surface area contributed by atoms with E-state index in [-0.39, 0.29) is 0 Å². The van der Waals surface area contributed by atoms with Gasteiger partial charge in [-0.05, 0) is 69.6 Å². The zero-order valence-electron chi connectivity index (χ0n) is 20.7. The Morgan fingerprint density at radius 3 is 1.62 bits per heavy atom. The van der Waals surface area contributed by atoms with E-state index in [0.29, 0.717) is 5.92 Å². The van der Waals surface area contributed by atoms with Gasteiger partial charge in [-0.15, -0.1) is 0 Å². The normalized spacial score (nSPS) is 14.7. The van der Waals surface area contributed by atoms with E-state index in [4.69, 9.17) is 0 Å². The van der Waals surface area contributed by atoms with E-state index in [9.17, 15) is 0 Å². The zero-order chi connectivity index (χ0) is 24.9. The minimum Gasteiger partial charge on any atom is -0.356 e. The van der Waals surface area contributed by atoms with Gasteiger partial charge >= 0.3 is 0 Å². The van der Waals surface area contributed by atoms with Gasteiger partial charge in [-0.3, -0.25) is 0 Å². The minimum absolute atomic E-state index is 0.397. The fourth-order valence-corrected chi connectivity index (χ4v) is 4.96. The summed E-state index contributed by atoms with van der Waals surface area (Å²) in [7, 11) is 0. The molecule has 1 unspecified atom stereocenters. The van der Waals surface area contributed by atoms with Crippen LogP contribution in [0.1, 0.15) is 17.9 Å². The minimum atomic E-state index is 0.397. The molecule has 1 heteroatoms. The number of hydrogen-bond donors (Lipinski definition) is 1. The monoisotopic (exact) mass is 475 g/mol. The summed E-state index contributed by atoms with van der Waals surface area (Å²) in [4.78, 5) is 0. The molecule has 0 radical (unpaired) electrons. The van der Waals surface area contributed by atoms with Crippen LogP contribution in [0.4, 0.5) is 5.69 Å². The van der Waals surface area contributed by atoms with Crippen molar-refractivity contribution in [2.45, 2.75) is 12.3 Å². The maximum absolute atomic E-state index is 3.58. The smallest absolute Gasteiger partial charge is 0.0384 e. The van der Waals surface area contributed by atoms with Crippen LogP contribution in [-0.4, -0.2) is 0 Å². The SMILES string of the molecule is C1=CC(c2cccc(-c3ccccc3)c2)CC=C1Nc1ccc(-c2cccc(-c3ccccc3)c2)cc1. The predicted octanol–water partition coefficient (Wildman–Crippen LogP) is 9.73. The first-order valence-electron chi connectivity index (χ1n) is 12.9. The molecule has 1 atom stereocenters. The Morgan fingerprint density at radius 2 is 1.03 bits per heavy atom. The summed E-state index contributed by atoms with van der Waals surface area (Å²) in [5.74, 6) is 0.397. The molecule has 0 bridgehead atoms. The van der Waals surface area contributed by atoms with E-state index in [1.165, 1.54) is 38.9 Å². The van der Waals surface area contributed by atoms with Crippen molar-refractivity contribution in [1.29, 1.82) is 0 Å². The van der Waals surface area contributed by atoms with Crippen LogP contribution < -0.4 is 5.32 Å². The van der Waals surface area contributed by atoms with Crippen molar-refractivity contribution < 1.29 is 0 Å². The first kappa shape index (κ1) is 22.8. The quantitative estimate of drug-likeness (QED) is 0.258. The molecule has 0 saturated carbocycles. The van der Waals surface area contributed by atoms with Crippen molar-refractivity contribution in [2.75, 3.05) is 5.32 Å². The molecule has 1 aliphatic rings. The van der Waals surface area contributed by atoms with Gasteiger partial charge in [-0.25, -0.2) is 0 Å². The van der Waals surface area contributed by atoms with Gasteiger partial charge in [0, 0.05) is 17.3 Å². The first-order valence-corrected chi connectivity index (χ1v) is 12.9. The van der Waals surface area contributed by atoms with Gasteiger partial charge in [0.25, 0.3) is 0 Å². The third kappa shape index (κ3) is 5.32. The van der Waals surface area contributed by atoms with E-state index < -0.39 is 0 Å².